The number of halogens is 1. The van der Waals surface area contributed by atoms with Gasteiger partial charge in [-0.3, -0.25) is 0 Å². The Morgan fingerprint density at radius 2 is 1.39 bits per heavy atom. The summed E-state index contributed by atoms with van der Waals surface area (Å²) in [5, 5.41) is 3.91. The van der Waals surface area contributed by atoms with Crippen molar-refractivity contribution in [2.45, 2.75) is 56.0 Å². The molecule has 3 fully saturated rings. The molecular weight excluding hydrogens is 346 g/mol. The molecule has 2 aromatic rings. The Morgan fingerprint density at radius 3 is 2.00 bits per heavy atom. The Hall–Kier alpha value is -1.12. The molecule has 2 aromatic carbocycles. The first kappa shape index (κ1) is 15.4. The molecule has 3 saturated carbocycles. The second kappa shape index (κ2) is 6.07. The summed E-state index contributed by atoms with van der Waals surface area (Å²) < 4.78 is 1.18. The topological polar surface area (TPSA) is 12.0 Å². The average molecular weight is 370 g/mol. The molecule has 23 heavy (non-hydrogen) atoms. The van der Waals surface area contributed by atoms with Crippen LogP contribution >= 0.6 is 15.9 Å². The van der Waals surface area contributed by atoms with Crippen LogP contribution in [0, 0.1) is 0 Å². The normalized spacial score (nSPS) is 29.6. The molecule has 3 aliphatic carbocycles. The van der Waals surface area contributed by atoms with Gasteiger partial charge in [0, 0.05) is 16.6 Å². The van der Waals surface area contributed by atoms with Crippen molar-refractivity contribution in [3.8, 4) is 0 Å². The van der Waals surface area contributed by atoms with Crippen molar-refractivity contribution in [3.63, 3.8) is 0 Å². The molecule has 0 radical (unpaired) electrons. The molecule has 0 saturated heterocycles. The lowest BCUT2D eigenvalue weighted by molar-refractivity contribution is 0.0758. The van der Waals surface area contributed by atoms with Crippen molar-refractivity contribution in [1.82, 2.24) is 5.32 Å². The van der Waals surface area contributed by atoms with Crippen LogP contribution in [0.5, 0.6) is 0 Å². The molecule has 120 valence electrons. The molecule has 0 spiro atoms. The molecule has 0 amide bonds. The molecular formula is C21H24BrN. The van der Waals surface area contributed by atoms with Crippen LogP contribution in [0.1, 0.15) is 49.7 Å². The van der Waals surface area contributed by atoms with Gasteiger partial charge in [-0.05, 0) is 67.2 Å². The highest BCUT2D eigenvalue weighted by Crippen LogP contribution is 2.53. The molecule has 1 nitrogen and oxygen atoms in total. The molecule has 2 heteroatoms. The minimum atomic E-state index is 0.382. The summed E-state index contributed by atoms with van der Waals surface area (Å²) >= 11 is 3.56. The Bertz CT molecular complexity index is 637. The van der Waals surface area contributed by atoms with E-state index in [0.29, 0.717) is 11.0 Å². The first-order valence-electron chi connectivity index (χ1n) is 8.75. The summed E-state index contributed by atoms with van der Waals surface area (Å²) in [6.45, 7) is 1.01. The van der Waals surface area contributed by atoms with Gasteiger partial charge in [-0.2, -0.15) is 0 Å². The van der Waals surface area contributed by atoms with Crippen molar-refractivity contribution >= 4 is 15.9 Å². The summed E-state index contributed by atoms with van der Waals surface area (Å²) in [6.07, 6.45) is 7.94. The van der Waals surface area contributed by atoms with Crippen molar-refractivity contribution in [3.05, 3.63) is 70.2 Å². The van der Waals surface area contributed by atoms with E-state index in [2.05, 4.69) is 75.8 Å². The maximum Gasteiger partial charge on any atom is 0.0210 e. The molecule has 2 bridgehead atoms. The monoisotopic (exact) mass is 369 g/mol. The first-order chi connectivity index (χ1) is 11.2. The maximum absolute atomic E-state index is 3.91. The molecule has 3 aliphatic rings. The van der Waals surface area contributed by atoms with Crippen LogP contribution in [-0.2, 0) is 12.0 Å². The van der Waals surface area contributed by atoms with Gasteiger partial charge in [0.15, 0.2) is 0 Å². The Labute approximate surface area is 147 Å². The fourth-order valence-electron chi connectivity index (χ4n) is 4.57. The third-order valence-corrected chi connectivity index (χ3v) is 6.74. The van der Waals surface area contributed by atoms with Gasteiger partial charge in [0.25, 0.3) is 0 Å². The lowest BCUT2D eigenvalue weighted by atomic mass is 9.55. The van der Waals surface area contributed by atoms with Crippen molar-refractivity contribution in [2.75, 3.05) is 0 Å². The zero-order chi connectivity index (χ0) is 15.8. The minimum absolute atomic E-state index is 0.382. The first-order valence-corrected chi connectivity index (χ1v) is 9.54. The predicted molar refractivity (Wildman–Crippen MR) is 99.5 cm³/mol. The third-order valence-electron chi connectivity index (χ3n) is 6.21. The van der Waals surface area contributed by atoms with Crippen LogP contribution in [0.2, 0.25) is 0 Å². The minimum Gasteiger partial charge on any atom is -0.307 e. The molecule has 0 aliphatic heterocycles. The second-order valence-corrected chi connectivity index (χ2v) is 8.32. The molecule has 5 rings (SSSR count). The zero-order valence-electron chi connectivity index (χ0n) is 13.5. The third kappa shape index (κ3) is 2.99. The van der Waals surface area contributed by atoms with E-state index in [1.807, 2.05) is 0 Å². The second-order valence-electron chi connectivity index (χ2n) is 7.41. The van der Waals surface area contributed by atoms with Gasteiger partial charge in [0.2, 0.25) is 0 Å². The van der Waals surface area contributed by atoms with E-state index in [4.69, 9.17) is 0 Å². The number of hydrogen-bond acceptors (Lipinski definition) is 1. The van der Waals surface area contributed by atoms with Crippen molar-refractivity contribution < 1.29 is 0 Å². The fourth-order valence-corrected chi connectivity index (χ4v) is 4.84. The van der Waals surface area contributed by atoms with E-state index in [1.165, 1.54) is 48.6 Å². The Morgan fingerprint density at radius 1 is 0.783 bits per heavy atom. The average Bonchev–Trinajstić information content (AvgIpc) is 2.63. The summed E-state index contributed by atoms with van der Waals surface area (Å²) in [5.41, 5.74) is 3.78. The van der Waals surface area contributed by atoms with Gasteiger partial charge in [-0.25, -0.2) is 0 Å². The van der Waals surface area contributed by atoms with Gasteiger partial charge in [0.05, 0.1) is 0 Å². The quantitative estimate of drug-likeness (QED) is 0.741. The van der Waals surface area contributed by atoms with E-state index in [9.17, 15) is 0 Å². The molecule has 0 atom stereocenters. The number of rotatable bonds is 4. The molecule has 1 N–H and O–H groups in total. The number of hydrogen-bond donors (Lipinski definition) is 1. The van der Waals surface area contributed by atoms with Crippen LogP contribution in [0.15, 0.2) is 59.1 Å². The summed E-state index contributed by atoms with van der Waals surface area (Å²) in [5.74, 6) is 0. The highest BCUT2D eigenvalue weighted by Gasteiger charge is 2.48. The SMILES string of the molecule is Brc1ccc(C23CCC(NCc4ccccc4)(CC2)CC3)cc1. The summed E-state index contributed by atoms with van der Waals surface area (Å²) in [4.78, 5) is 0. The maximum atomic E-state index is 3.91. The van der Waals surface area contributed by atoms with E-state index in [0.717, 1.165) is 6.54 Å². The van der Waals surface area contributed by atoms with E-state index in [1.54, 1.807) is 5.56 Å². The van der Waals surface area contributed by atoms with E-state index in [-0.39, 0.29) is 0 Å². The Kier molecular flexibility index (Phi) is 4.07. The van der Waals surface area contributed by atoms with Crippen LogP contribution in [0.3, 0.4) is 0 Å². The smallest absolute Gasteiger partial charge is 0.0210 e. The lowest BCUT2D eigenvalue weighted by Gasteiger charge is -2.54. The van der Waals surface area contributed by atoms with E-state index >= 15 is 0 Å². The molecule has 0 aromatic heterocycles. The Balaban J connectivity index is 1.44. The van der Waals surface area contributed by atoms with Gasteiger partial charge in [-0.1, -0.05) is 58.4 Å². The highest BCUT2D eigenvalue weighted by molar-refractivity contribution is 9.10. The summed E-state index contributed by atoms with van der Waals surface area (Å²) in [6, 6.07) is 19.9. The van der Waals surface area contributed by atoms with Gasteiger partial charge < -0.3 is 5.32 Å². The van der Waals surface area contributed by atoms with Crippen molar-refractivity contribution in [1.29, 1.82) is 0 Å². The fraction of sp³-hybridized carbons (Fsp3) is 0.429. The van der Waals surface area contributed by atoms with Crippen LogP contribution in [0.25, 0.3) is 0 Å². The van der Waals surface area contributed by atoms with Gasteiger partial charge in [-0.15, -0.1) is 0 Å². The largest absolute Gasteiger partial charge is 0.307 e. The van der Waals surface area contributed by atoms with E-state index < -0.39 is 0 Å². The number of benzene rings is 2. The van der Waals surface area contributed by atoms with Crippen molar-refractivity contribution in [2.24, 2.45) is 0 Å². The molecule has 0 unspecified atom stereocenters. The standard InChI is InChI=1S/C21H24BrN/c22-19-8-6-18(7-9-19)20-10-13-21(14-11-20,15-12-20)23-16-17-4-2-1-3-5-17/h1-9,23H,10-16H2. The molecule has 0 heterocycles. The van der Waals surface area contributed by atoms with Crippen LogP contribution in [-0.4, -0.2) is 5.54 Å². The predicted octanol–water partition coefficient (Wildman–Crippen LogP) is 5.58. The van der Waals surface area contributed by atoms with Gasteiger partial charge >= 0.3 is 0 Å². The highest BCUT2D eigenvalue weighted by atomic mass is 79.9. The van der Waals surface area contributed by atoms with Crippen LogP contribution < -0.4 is 5.32 Å². The number of fused-ring (bicyclic) bond motifs is 3. The lowest BCUT2D eigenvalue weighted by Crippen LogP contribution is -2.55. The number of nitrogens with one attached hydrogen (secondary N) is 1. The zero-order valence-corrected chi connectivity index (χ0v) is 15.1. The van der Waals surface area contributed by atoms with Crippen LogP contribution in [0.4, 0.5) is 0 Å². The summed E-state index contributed by atoms with van der Waals surface area (Å²) in [7, 11) is 0. The van der Waals surface area contributed by atoms with Gasteiger partial charge in [0.1, 0.15) is 0 Å².